The van der Waals surface area contributed by atoms with E-state index in [2.05, 4.69) is 44.8 Å². The van der Waals surface area contributed by atoms with Crippen LogP contribution in [-0.4, -0.2) is 37.1 Å². The van der Waals surface area contributed by atoms with Crippen molar-refractivity contribution >= 4 is 11.7 Å². The van der Waals surface area contributed by atoms with E-state index in [4.69, 9.17) is 0 Å². The summed E-state index contributed by atoms with van der Waals surface area (Å²) in [5.74, 6) is 0.830. The average Bonchev–Trinajstić information content (AvgIpc) is 2.67. The summed E-state index contributed by atoms with van der Waals surface area (Å²) in [5, 5.41) is 6.47. The third kappa shape index (κ3) is 3.92. The van der Waals surface area contributed by atoms with Gasteiger partial charge in [-0.2, -0.15) is 0 Å². The highest BCUT2D eigenvalue weighted by Gasteiger charge is 2.22. The molecule has 1 saturated heterocycles. The smallest absolute Gasteiger partial charge is 0.251 e. The van der Waals surface area contributed by atoms with Crippen LogP contribution in [0, 0.1) is 0 Å². The molecule has 2 heterocycles. The molecule has 126 valence electrons. The molecule has 1 amide bonds. The summed E-state index contributed by atoms with van der Waals surface area (Å²) in [5.41, 5.74) is 1.95. The summed E-state index contributed by atoms with van der Waals surface area (Å²) in [6, 6.07) is 14.4. The van der Waals surface area contributed by atoms with Crippen LogP contribution < -0.4 is 15.5 Å². The van der Waals surface area contributed by atoms with Gasteiger partial charge in [0.2, 0.25) is 0 Å². The molecule has 2 N–H and O–H groups in total. The van der Waals surface area contributed by atoms with Crippen molar-refractivity contribution in [3.63, 3.8) is 0 Å². The monoisotopic (exact) mass is 324 g/mol. The van der Waals surface area contributed by atoms with Gasteiger partial charge >= 0.3 is 0 Å². The molecule has 0 bridgehead atoms. The van der Waals surface area contributed by atoms with Crippen molar-refractivity contribution in [1.29, 1.82) is 0 Å². The fraction of sp³-hybridized carbons (Fsp3) is 0.368. The molecule has 1 aliphatic rings. The van der Waals surface area contributed by atoms with Crippen molar-refractivity contribution in [3.05, 3.63) is 59.8 Å². The van der Waals surface area contributed by atoms with Gasteiger partial charge in [-0.1, -0.05) is 37.3 Å². The molecule has 0 saturated carbocycles. The molecule has 1 aromatic heterocycles. The van der Waals surface area contributed by atoms with Crippen molar-refractivity contribution in [2.45, 2.75) is 19.4 Å². The number of aromatic nitrogens is 1. The normalized spacial score (nSPS) is 17.5. The Morgan fingerprint density at radius 3 is 2.96 bits per heavy atom. The zero-order valence-electron chi connectivity index (χ0n) is 14.0. The Labute approximate surface area is 143 Å². The maximum atomic E-state index is 12.2. The first kappa shape index (κ1) is 16.5. The molecule has 0 unspecified atom stereocenters. The van der Waals surface area contributed by atoms with E-state index in [0.717, 1.165) is 31.9 Å². The van der Waals surface area contributed by atoms with Crippen LogP contribution in [0.15, 0.2) is 48.7 Å². The molecule has 5 heteroatoms. The maximum absolute atomic E-state index is 12.2. The molecule has 3 rings (SSSR count). The van der Waals surface area contributed by atoms with Gasteiger partial charge in [0.25, 0.3) is 5.91 Å². The number of carbonyl (C=O) groups excluding carboxylic acids is 1. The van der Waals surface area contributed by atoms with Gasteiger partial charge in [0.05, 0.1) is 0 Å². The first-order valence-electron chi connectivity index (χ1n) is 8.55. The van der Waals surface area contributed by atoms with Crippen molar-refractivity contribution in [2.75, 3.05) is 31.1 Å². The van der Waals surface area contributed by atoms with Crippen LogP contribution in [0.1, 0.15) is 35.3 Å². The largest absolute Gasteiger partial charge is 0.353 e. The molecule has 1 aliphatic heterocycles. The lowest BCUT2D eigenvalue weighted by molar-refractivity contribution is 0.0953. The maximum Gasteiger partial charge on any atom is 0.251 e. The lowest BCUT2D eigenvalue weighted by atomic mass is 10.0. The van der Waals surface area contributed by atoms with E-state index in [1.165, 1.54) is 5.56 Å². The zero-order valence-corrected chi connectivity index (χ0v) is 14.0. The third-order valence-corrected chi connectivity index (χ3v) is 4.24. The van der Waals surface area contributed by atoms with Crippen LogP contribution in [0.2, 0.25) is 0 Å². The molecule has 2 aromatic rings. The fourth-order valence-corrected chi connectivity index (χ4v) is 2.94. The fourth-order valence-electron chi connectivity index (χ4n) is 2.94. The van der Waals surface area contributed by atoms with Crippen LogP contribution in [0.3, 0.4) is 0 Å². The standard InChI is InChI=1S/C19H24N4O/c1-2-9-22-19(24)16-8-10-21-18(13-16)23-12-11-20-17(14-23)15-6-4-3-5-7-15/h3-8,10,13,17,20H,2,9,11-12,14H2,1H3,(H,22,24)/t17-/m0/s1. The second-order valence-electron chi connectivity index (χ2n) is 6.02. The Morgan fingerprint density at radius 1 is 1.33 bits per heavy atom. The minimum absolute atomic E-state index is 0.0322. The van der Waals surface area contributed by atoms with Gasteiger partial charge in [0.15, 0.2) is 0 Å². The zero-order chi connectivity index (χ0) is 16.8. The van der Waals surface area contributed by atoms with Crippen molar-refractivity contribution in [3.8, 4) is 0 Å². The van der Waals surface area contributed by atoms with Gasteiger partial charge in [-0.15, -0.1) is 0 Å². The highest BCUT2D eigenvalue weighted by atomic mass is 16.1. The topological polar surface area (TPSA) is 57.3 Å². The summed E-state index contributed by atoms with van der Waals surface area (Å²) in [4.78, 5) is 18.9. The Kier molecular flexibility index (Phi) is 5.43. The van der Waals surface area contributed by atoms with Gasteiger partial charge < -0.3 is 15.5 Å². The van der Waals surface area contributed by atoms with Crippen molar-refractivity contribution in [1.82, 2.24) is 15.6 Å². The number of nitrogens with zero attached hydrogens (tertiary/aromatic N) is 2. The van der Waals surface area contributed by atoms with Crippen molar-refractivity contribution in [2.24, 2.45) is 0 Å². The minimum Gasteiger partial charge on any atom is -0.353 e. The number of benzene rings is 1. The number of amides is 1. The molecular weight excluding hydrogens is 300 g/mol. The van der Waals surface area contributed by atoms with Crippen LogP contribution in [0.4, 0.5) is 5.82 Å². The summed E-state index contributed by atoms with van der Waals surface area (Å²) >= 11 is 0. The van der Waals surface area contributed by atoms with E-state index < -0.39 is 0 Å². The molecule has 1 aromatic carbocycles. The number of carbonyl (C=O) groups is 1. The highest BCUT2D eigenvalue weighted by molar-refractivity contribution is 5.94. The molecule has 1 atom stereocenters. The summed E-state index contributed by atoms with van der Waals surface area (Å²) < 4.78 is 0. The number of anilines is 1. The number of rotatable bonds is 5. The number of hydrogen-bond acceptors (Lipinski definition) is 4. The van der Waals surface area contributed by atoms with Crippen LogP contribution in [0.5, 0.6) is 0 Å². The van der Waals surface area contributed by atoms with E-state index in [0.29, 0.717) is 12.1 Å². The van der Waals surface area contributed by atoms with E-state index in [9.17, 15) is 4.79 Å². The number of hydrogen-bond donors (Lipinski definition) is 2. The predicted octanol–water partition coefficient (Wildman–Crippen LogP) is 2.37. The Balaban J connectivity index is 1.73. The van der Waals surface area contributed by atoms with E-state index in [1.807, 2.05) is 19.1 Å². The highest BCUT2D eigenvalue weighted by Crippen LogP contribution is 2.21. The lowest BCUT2D eigenvalue weighted by Gasteiger charge is -2.34. The van der Waals surface area contributed by atoms with Crippen LogP contribution in [-0.2, 0) is 0 Å². The van der Waals surface area contributed by atoms with Crippen LogP contribution in [0.25, 0.3) is 0 Å². The third-order valence-electron chi connectivity index (χ3n) is 4.24. The summed E-state index contributed by atoms with van der Waals surface area (Å²) in [6.07, 6.45) is 2.65. The Morgan fingerprint density at radius 2 is 2.17 bits per heavy atom. The summed E-state index contributed by atoms with van der Waals surface area (Å²) in [7, 11) is 0. The minimum atomic E-state index is -0.0322. The molecule has 0 aliphatic carbocycles. The molecule has 5 nitrogen and oxygen atoms in total. The Hall–Kier alpha value is -2.40. The number of piperazine rings is 1. The average molecular weight is 324 g/mol. The van der Waals surface area contributed by atoms with Crippen LogP contribution >= 0.6 is 0 Å². The first-order chi connectivity index (χ1) is 11.8. The van der Waals surface area contributed by atoms with Crippen molar-refractivity contribution < 1.29 is 4.79 Å². The SMILES string of the molecule is CCCNC(=O)c1ccnc(N2CCN[C@H](c3ccccc3)C2)c1. The van der Waals surface area contributed by atoms with E-state index in [1.54, 1.807) is 12.3 Å². The second-order valence-corrected chi connectivity index (χ2v) is 6.02. The molecule has 0 radical (unpaired) electrons. The molecule has 0 spiro atoms. The van der Waals surface area contributed by atoms with Gasteiger partial charge in [-0.25, -0.2) is 4.98 Å². The lowest BCUT2D eigenvalue weighted by Crippen LogP contribution is -2.46. The molecular formula is C19H24N4O. The van der Waals surface area contributed by atoms with Gasteiger partial charge in [0, 0.05) is 44.0 Å². The van der Waals surface area contributed by atoms with Gasteiger partial charge in [0.1, 0.15) is 5.82 Å². The van der Waals surface area contributed by atoms with Gasteiger partial charge in [-0.3, -0.25) is 4.79 Å². The number of pyridine rings is 1. The van der Waals surface area contributed by atoms with E-state index in [-0.39, 0.29) is 11.9 Å². The second kappa shape index (κ2) is 7.93. The van der Waals surface area contributed by atoms with E-state index >= 15 is 0 Å². The summed E-state index contributed by atoms with van der Waals surface area (Å²) in [6.45, 7) is 5.36. The predicted molar refractivity (Wildman–Crippen MR) is 96.3 cm³/mol. The molecule has 24 heavy (non-hydrogen) atoms. The number of nitrogens with one attached hydrogen (secondary N) is 2. The Bertz CT molecular complexity index is 674. The van der Waals surface area contributed by atoms with Gasteiger partial charge in [-0.05, 0) is 24.1 Å². The first-order valence-corrected chi connectivity index (χ1v) is 8.55. The molecule has 1 fully saturated rings. The quantitative estimate of drug-likeness (QED) is 0.886.